The first-order chi connectivity index (χ1) is 9.88. The first-order valence-electron chi connectivity index (χ1n) is 7.72. The van der Waals surface area contributed by atoms with Gasteiger partial charge in [0.25, 0.3) is 0 Å². The number of nitrogens with two attached hydrogens (primary N) is 1. The van der Waals surface area contributed by atoms with Gasteiger partial charge in [-0.15, -0.1) is 0 Å². The highest BCUT2D eigenvalue weighted by molar-refractivity contribution is 6.30. The van der Waals surface area contributed by atoms with E-state index in [1.807, 2.05) is 12.1 Å². The molecule has 0 radical (unpaired) electrons. The number of likely N-dealkylation sites (N-methyl/N-ethyl adjacent to an activating group) is 1. The first-order valence-corrected chi connectivity index (χ1v) is 8.09. The van der Waals surface area contributed by atoms with Gasteiger partial charge < -0.3 is 10.5 Å². The molecule has 1 saturated heterocycles. The number of benzene rings is 1. The largest absolute Gasteiger partial charge is 0.375 e. The number of nitrogens with zero attached hydrogens (tertiary/aromatic N) is 1. The van der Waals surface area contributed by atoms with Crippen molar-refractivity contribution < 1.29 is 4.74 Å². The lowest BCUT2D eigenvalue weighted by Crippen LogP contribution is -2.58. The van der Waals surface area contributed by atoms with Crippen LogP contribution < -0.4 is 5.73 Å². The quantitative estimate of drug-likeness (QED) is 0.923. The van der Waals surface area contributed by atoms with E-state index in [2.05, 4.69) is 44.9 Å². The topological polar surface area (TPSA) is 38.5 Å². The van der Waals surface area contributed by atoms with Crippen LogP contribution in [-0.4, -0.2) is 36.2 Å². The lowest BCUT2D eigenvalue weighted by molar-refractivity contribution is -0.105. The molecule has 0 spiro atoms. The van der Waals surface area contributed by atoms with E-state index < -0.39 is 0 Å². The molecule has 0 aliphatic carbocycles. The number of rotatable bonds is 4. The summed E-state index contributed by atoms with van der Waals surface area (Å²) in [5.74, 6) is 0. The zero-order valence-electron chi connectivity index (χ0n) is 13.5. The lowest BCUT2D eigenvalue weighted by Gasteiger charge is -2.50. The minimum atomic E-state index is -0.00383. The van der Waals surface area contributed by atoms with E-state index in [9.17, 15) is 0 Å². The molecule has 1 aliphatic rings. The van der Waals surface area contributed by atoms with Gasteiger partial charge in [-0.3, -0.25) is 4.90 Å². The molecule has 0 bridgehead atoms. The van der Waals surface area contributed by atoms with E-state index in [1.165, 1.54) is 5.56 Å². The highest BCUT2D eigenvalue weighted by atomic mass is 35.5. The molecule has 118 valence electrons. The Labute approximate surface area is 133 Å². The Hall–Kier alpha value is -0.610. The van der Waals surface area contributed by atoms with Crippen molar-refractivity contribution in [2.45, 2.75) is 57.4 Å². The van der Waals surface area contributed by atoms with Crippen molar-refractivity contribution in [1.82, 2.24) is 4.90 Å². The fraction of sp³-hybridized carbons (Fsp3) is 0.647. The minimum Gasteiger partial charge on any atom is -0.375 e. The van der Waals surface area contributed by atoms with E-state index in [4.69, 9.17) is 22.1 Å². The molecule has 0 amide bonds. The van der Waals surface area contributed by atoms with Gasteiger partial charge in [-0.05, 0) is 58.4 Å². The Balaban J connectivity index is 2.22. The lowest BCUT2D eigenvalue weighted by atomic mass is 9.81. The Morgan fingerprint density at radius 2 is 1.81 bits per heavy atom. The summed E-state index contributed by atoms with van der Waals surface area (Å²) in [5, 5.41) is 0.774. The molecule has 4 heteroatoms. The Morgan fingerprint density at radius 3 is 2.29 bits per heavy atom. The average molecular weight is 311 g/mol. The fourth-order valence-electron chi connectivity index (χ4n) is 3.62. The van der Waals surface area contributed by atoms with Crippen molar-refractivity contribution in [1.29, 1.82) is 0 Å². The van der Waals surface area contributed by atoms with Gasteiger partial charge in [0.05, 0.1) is 12.2 Å². The molecule has 1 aromatic rings. The second-order valence-corrected chi connectivity index (χ2v) is 6.87. The summed E-state index contributed by atoms with van der Waals surface area (Å²) < 4.78 is 5.89. The van der Waals surface area contributed by atoms with Crippen molar-refractivity contribution in [3.63, 3.8) is 0 Å². The Morgan fingerprint density at radius 1 is 1.29 bits per heavy atom. The van der Waals surface area contributed by atoms with Crippen molar-refractivity contribution in [3.05, 3.63) is 34.9 Å². The van der Waals surface area contributed by atoms with Crippen LogP contribution in [0.2, 0.25) is 5.02 Å². The molecule has 21 heavy (non-hydrogen) atoms. The molecule has 0 aromatic heterocycles. The maximum Gasteiger partial charge on any atom is 0.0568 e. The van der Waals surface area contributed by atoms with Crippen LogP contribution in [0.1, 0.15) is 45.2 Å². The smallest absolute Gasteiger partial charge is 0.0568 e. The minimum absolute atomic E-state index is 0.00383. The summed E-state index contributed by atoms with van der Waals surface area (Å²) in [6.07, 6.45) is 2.44. The van der Waals surface area contributed by atoms with E-state index in [1.54, 1.807) is 0 Å². The Bertz CT molecular complexity index is 452. The second-order valence-electron chi connectivity index (χ2n) is 6.43. The van der Waals surface area contributed by atoms with Crippen LogP contribution in [0.15, 0.2) is 24.3 Å². The summed E-state index contributed by atoms with van der Waals surface area (Å²) in [5.41, 5.74) is 7.45. The maximum atomic E-state index is 6.19. The van der Waals surface area contributed by atoms with Gasteiger partial charge in [-0.2, -0.15) is 0 Å². The third kappa shape index (κ3) is 3.59. The summed E-state index contributed by atoms with van der Waals surface area (Å²) in [7, 11) is 2.18. The van der Waals surface area contributed by atoms with Crippen LogP contribution in [-0.2, 0) is 4.74 Å². The molecule has 3 unspecified atom stereocenters. The molecule has 1 aliphatic heterocycles. The second kappa shape index (κ2) is 6.66. The maximum absolute atomic E-state index is 6.19. The number of hydrogen-bond acceptors (Lipinski definition) is 3. The zero-order valence-corrected chi connectivity index (χ0v) is 14.2. The molecule has 2 N–H and O–H groups in total. The molecule has 1 aromatic carbocycles. The van der Waals surface area contributed by atoms with Crippen molar-refractivity contribution in [3.8, 4) is 0 Å². The standard InChI is InChI=1S/C17H27ClN2O/c1-12-9-17(11-19,10-13(2)21-12)20(4)14(3)15-5-7-16(18)8-6-15/h5-8,12-14H,9-11,19H2,1-4H3. The van der Waals surface area contributed by atoms with Crippen molar-refractivity contribution >= 4 is 11.6 Å². The average Bonchev–Trinajstić information content (AvgIpc) is 2.45. The summed E-state index contributed by atoms with van der Waals surface area (Å²) >= 11 is 5.99. The van der Waals surface area contributed by atoms with Crippen LogP contribution in [0.4, 0.5) is 0 Å². The fourth-order valence-corrected chi connectivity index (χ4v) is 3.75. The van der Waals surface area contributed by atoms with Crippen LogP contribution in [0.3, 0.4) is 0 Å². The molecule has 3 atom stereocenters. The highest BCUT2D eigenvalue weighted by Gasteiger charge is 2.42. The van der Waals surface area contributed by atoms with Crippen LogP contribution in [0.5, 0.6) is 0 Å². The van der Waals surface area contributed by atoms with E-state index >= 15 is 0 Å². The Kier molecular flexibility index (Phi) is 5.31. The van der Waals surface area contributed by atoms with Crippen molar-refractivity contribution in [2.24, 2.45) is 5.73 Å². The predicted octanol–water partition coefficient (Wildman–Crippen LogP) is 3.62. The van der Waals surface area contributed by atoms with Crippen molar-refractivity contribution in [2.75, 3.05) is 13.6 Å². The molecular weight excluding hydrogens is 284 g/mol. The molecule has 1 fully saturated rings. The normalized spacial score (nSPS) is 31.4. The van der Waals surface area contributed by atoms with Crippen LogP contribution in [0.25, 0.3) is 0 Å². The zero-order chi connectivity index (χ0) is 15.6. The highest BCUT2D eigenvalue weighted by Crippen LogP contribution is 2.37. The van der Waals surface area contributed by atoms with Gasteiger partial charge in [0.15, 0.2) is 0 Å². The van der Waals surface area contributed by atoms with E-state index in [-0.39, 0.29) is 17.7 Å². The molecule has 3 nitrogen and oxygen atoms in total. The van der Waals surface area contributed by atoms with Gasteiger partial charge >= 0.3 is 0 Å². The third-order valence-electron chi connectivity index (χ3n) is 4.86. The number of hydrogen-bond donors (Lipinski definition) is 1. The van der Waals surface area contributed by atoms with Gasteiger partial charge in [-0.1, -0.05) is 23.7 Å². The van der Waals surface area contributed by atoms with Gasteiger partial charge in [0.2, 0.25) is 0 Å². The molecule has 2 rings (SSSR count). The molecular formula is C17H27ClN2O. The SMILES string of the molecule is CC1CC(CN)(N(C)C(C)c2ccc(Cl)cc2)CC(C)O1. The molecule has 0 saturated carbocycles. The van der Waals surface area contributed by atoms with Crippen LogP contribution >= 0.6 is 11.6 Å². The van der Waals surface area contributed by atoms with Crippen LogP contribution in [0, 0.1) is 0 Å². The van der Waals surface area contributed by atoms with Gasteiger partial charge in [-0.25, -0.2) is 0 Å². The van der Waals surface area contributed by atoms with E-state index in [0.29, 0.717) is 12.6 Å². The molecule has 1 heterocycles. The summed E-state index contributed by atoms with van der Waals surface area (Å²) in [6.45, 7) is 7.16. The predicted molar refractivity (Wildman–Crippen MR) is 88.7 cm³/mol. The van der Waals surface area contributed by atoms with Gasteiger partial charge in [0.1, 0.15) is 0 Å². The summed E-state index contributed by atoms with van der Waals surface area (Å²) in [4.78, 5) is 2.42. The van der Waals surface area contributed by atoms with E-state index in [0.717, 1.165) is 17.9 Å². The first kappa shape index (κ1) is 16.8. The number of halogens is 1. The summed E-state index contributed by atoms with van der Waals surface area (Å²) in [6, 6.07) is 8.39. The third-order valence-corrected chi connectivity index (χ3v) is 5.11. The number of ether oxygens (including phenoxy) is 1. The van der Waals surface area contributed by atoms with Gasteiger partial charge in [0, 0.05) is 23.1 Å². The monoisotopic (exact) mass is 310 g/mol.